The third-order valence-electron chi connectivity index (χ3n) is 2.28. The summed E-state index contributed by atoms with van der Waals surface area (Å²) in [5.41, 5.74) is 1.24. The second kappa shape index (κ2) is 4.53. The van der Waals surface area contributed by atoms with Crippen molar-refractivity contribution in [1.29, 1.82) is 0 Å². The molecule has 0 bridgehead atoms. The molecular weight excluding hydrogens is 210 g/mol. The van der Waals surface area contributed by atoms with E-state index >= 15 is 0 Å². The number of amides is 1. The summed E-state index contributed by atoms with van der Waals surface area (Å²) in [6.07, 6.45) is 5.75. The first-order valence-electron chi connectivity index (χ1n) is 4.86. The zero-order valence-electron chi connectivity index (χ0n) is 8.56. The van der Waals surface area contributed by atoms with Gasteiger partial charge < -0.3 is 5.32 Å². The minimum Gasteiger partial charge on any atom is -0.315 e. The van der Waals surface area contributed by atoms with Crippen LogP contribution in [0.2, 0.25) is 0 Å². The average Bonchev–Trinajstić information content (AvgIpc) is 2.68. The zero-order chi connectivity index (χ0) is 10.7. The summed E-state index contributed by atoms with van der Waals surface area (Å²) in [6.45, 7) is 2.93. The number of carbonyl (C=O) groups is 1. The fourth-order valence-corrected chi connectivity index (χ4v) is 2.52. The van der Waals surface area contributed by atoms with Crippen molar-refractivity contribution >= 4 is 24.0 Å². The predicted molar refractivity (Wildman–Crippen MR) is 62.3 cm³/mol. The Hall–Kier alpha value is -1.23. The largest absolute Gasteiger partial charge is 0.315 e. The summed E-state index contributed by atoms with van der Waals surface area (Å²) in [6, 6.07) is 0. The molecule has 1 amide bonds. The molecule has 2 rings (SSSR count). The highest BCUT2D eigenvalue weighted by atomic mass is 32.2. The summed E-state index contributed by atoms with van der Waals surface area (Å²) >= 11 is 1.78. The monoisotopic (exact) mass is 223 g/mol. The minimum absolute atomic E-state index is 0.678. The van der Waals surface area contributed by atoms with Crippen LogP contribution in [-0.4, -0.2) is 29.6 Å². The van der Waals surface area contributed by atoms with Gasteiger partial charge in [0.25, 0.3) is 0 Å². The van der Waals surface area contributed by atoms with Crippen molar-refractivity contribution in [2.45, 2.75) is 13.3 Å². The van der Waals surface area contributed by atoms with Crippen LogP contribution in [0.4, 0.5) is 0 Å². The molecule has 0 aromatic rings. The molecule has 2 aliphatic heterocycles. The van der Waals surface area contributed by atoms with Crippen LogP contribution in [-0.2, 0) is 4.79 Å². The van der Waals surface area contributed by atoms with Crippen LogP contribution >= 0.6 is 11.8 Å². The molecule has 2 heterocycles. The molecule has 0 spiro atoms. The van der Waals surface area contributed by atoms with E-state index in [0.29, 0.717) is 6.41 Å². The standard InChI is InChI=1S/C10H13N3OS/c1-8-3-2-6-15-10(8)13-5-4-9(12-13)11-7-14/h2-3,7H,4-6H2,1H3,(H,11,12,14). The quantitative estimate of drug-likeness (QED) is 0.717. The van der Waals surface area contributed by atoms with Gasteiger partial charge in [0.1, 0.15) is 5.84 Å². The van der Waals surface area contributed by atoms with Gasteiger partial charge in [-0.15, -0.1) is 11.8 Å². The Morgan fingerprint density at radius 2 is 2.53 bits per heavy atom. The minimum atomic E-state index is 0.678. The van der Waals surface area contributed by atoms with Crippen molar-refractivity contribution in [1.82, 2.24) is 10.3 Å². The van der Waals surface area contributed by atoms with E-state index in [-0.39, 0.29) is 0 Å². The molecule has 0 aromatic carbocycles. The van der Waals surface area contributed by atoms with Crippen molar-refractivity contribution in [2.75, 3.05) is 12.3 Å². The lowest BCUT2D eigenvalue weighted by atomic mass is 10.3. The first kappa shape index (κ1) is 10.3. The van der Waals surface area contributed by atoms with E-state index in [1.165, 1.54) is 10.6 Å². The molecule has 0 aromatic heterocycles. The molecule has 0 atom stereocenters. The van der Waals surface area contributed by atoms with Crippen molar-refractivity contribution in [2.24, 2.45) is 5.10 Å². The number of rotatable bonds is 2. The Bertz CT molecular complexity index is 360. The number of nitrogens with one attached hydrogen (secondary N) is 1. The Morgan fingerprint density at radius 3 is 3.27 bits per heavy atom. The molecule has 2 aliphatic rings. The fraction of sp³-hybridized carbons (Fsp3) is 0.400. The maximum Gasteiger partial charge on any atom is 0.212 e. The number of hydrogen-bond acceptors (Lipinski definition) is 4. The molecule has 0 fully saturated rings. The van der Waals surface area contributed by atoms with Crippen molar-refractivity contribution in [3.63, 3.8) is 0 Å². The lowest BCUT2D eigenvalue weighted by molar-refractivity contribution is -0.108. The SMILES string of the molecule is CC1=C(N2CCC(NC=O)=N2)SCC=C1. The second-order valence-electron chi connectivity index (χ2n) is 3.38. The van der Waals surface area contributed by atoms with Crippen molar-refractivity contribution < 1.29 is 4.79 Å². The highest BCUT2D eigenvalue weighted by Gasteiger charge is 2.20. The highest BCUT2D eigenvalue weighted by molar-refractivity contribution is 8.03. The average molecular weight is 223 g/mol. The van der Waals surface area contributed by atoms with Gasteiger partial charge in [0, 0.05) is 18.7 Å². The van der Waals surface area contributed by atoms with Gasteiger partial charge in [-0.05, 0) is 12.5 Å². The maximum atomic E-state index is 10.3. The number of nitrogens with zero attached hydrogens (tertiary/aromatic N) is 2. The molecule has 15 heavy (non-hydrogen) atoms. The van der Waals surface area contributed by atoms with Crippen LogP contribution in [0.1, 0.15) is 13.3 Å². The smallest absolute Gasteiger partial charge is 0.212 e. The van der Waals surface area contributed by atoms with Gasteiger partial charge in [0.15, 0.2) is 0 Å². The van der Waals surface area contributed by atoms with E-state index < -0.39 is 0 Å². The van der Waals surface area contributed by atoms with Crippen molar-refractivity contribution in [3.8, 4) is 0 Å². The van der Waals surface area contributed by atoms with E-state index in [1.54, 1.807) is 11.8 Å². The molecule has 4 nitrogen and oxygen atoms in total. The highest BCUT2D eigenvalue weighted by Crippen LogP contribution is 2.30. The lowest BCUT2D eigenvalue weighted by Gasteiger charge is -2.20. The van der Waals surface area contributed by atoms with E-state index in [0.717, 1.165) is 24.6 Å². The second-order valence-corrected chi connectivity index (χ2v) is 4.39. The summed E-state index contributed by atoms with van der Waals surface area (Å²) in [5.74, 6) is 1.75. The van der Waals surface area contributed by atoms with Crippen LogP contribution in [0.3, 0.4) is 0 Å². The summed E-state index contributed by atoms with van der Waals surface area (Å²) in [5, 5.41) is 10.1. The number of thioether (sulfide) groups is 1. The van der Waals surface area contributed by atoms with Gasteiger partial charge in [-0.2, -0.15) is 5.10 Å². The summed E-state index contributed by atoms with van der Waals surface area (Å²) in [4.78, 5) is 10.3. The molecule has 0 saturated heterocycles. The molecule has 0 aliphatic carbocycles. The van der Waals surface area contributed by atoms with Gasteiger partial charge in [0.2, 0.25) is 6.41 Å². The maximum absolute atomic E-state index is 10.3. The number of carbonyl (C=O) groups excluding carboxylic acids is 1. The van der Waals surface area contributed by atoms with Gasteiger partial charge in [-0.25, -0.2) is 0 Å². The zero-order valence-corrected chi connectivity index (χ0v) is 9.38. The molecule has 80 valence electrons. The molecule has 0 unspecified atom stereocenters. The Labute approximate surface area is 93.1 Å². The summed E-state index contributed by atoms with van der Waals surface area (Å²) < 4.78 is 0. The molecule has 0 saturated carbocycles. The van der Waals surface area contributed by atoms with Crippen LogP contribution in [0.25, 0.3) is 0 Å². The Morgan fingerprint density at radius 1 is 1.67 bits per heavy atom. The number of hydrogen-bond donors (Lipinski definition) is 1. The van der Waals surface area contributed by atoms with E-state index in [9.17, 15) is 4.79 Å². The van der Waals surface area contributed by atoms with Crippen LogP contribution in [0, 0.1) is 0 Å². The van der Waals surface area contributed by atoms with E-state index in [1.807, 2.05) is 5.01 Å². The van der Waals surface area contributed by atoms with Gasteiger partial charge in [-0.3, -0.25) is 9.80 Å². The van der Waals surface area contributed by atoms with E-state index in [4.69, 9.17) is 0 Å². The van der Waals surface area contributed by atoms with Gasteiger partial charge in [-0.1, -0.05) is 12.2 Å². The lowest BCUT2D eigenvalue weighted by Crippen LogP contribution is -2.18. The molecule has 5 heteroatoms. The number of amidine groups is 1. The normalized spacial score (nSPS) is 20.6. The van der Waals surface area contributed by atoms with Gasteiger partial charge >= 0.3 is 0 Å². The van der Waals surface area contributed by atoms with Crippen molar-refractivity contribution in [3.05, 3.63) is 22.8 Å². The molecular formula is C10H13N3OS. The first-order chi connectivity index (χ1) is 7.31. The fourth-order valence-electron chi connectivity index (χ4n) is 1.59. The number of hydrazone groups is 1. The third-order valence-corrected chi connectivity index (χ3v) is 3.45. The molecule has 1 N–H and O–H groups in total. The topological polar surface area (TPSA) is 44.7 Å². The van der Waals surface area contributed by atoms with E-state index in [2.05, 4.69) is 29.5 Å². The van der Waals surface area contributed by atoms with Crippen LogP contribution in [0.5, 0.6) is 0 Å². The van der Waals surface area contributed by atoms with Crippen LogP contribution < -0.4 is 5.32 Å². The Kier molecular flexibility index (Phi) is 3.11. The first-order valence-corrected chi connectivity index (χ1v) is 5.85. The summed E-state index contributed by atoms with van der Waals surface area (Å²) in [7, 11) is 0. The number of allylic oxidation sites excluding steroid dienone is 2. The third kappa shape index (κ3) is 2.23. The van der Waals surface area contributed by atoms with Crippen LogP contribution in [0.15, 0.2) is 27.9 Å². The predicted octanol–water partition coefficient (Wildman–Crippen LogP) is 1.29. The Balaban J connectivity index is 2.12. The van der Waals surface area contributed by atoms with Gasteiger partial charge in [0.05, 0.1) is 5.03 Å². The molecule has 0 radical (unpaired) electrons.